The molecule has 3 heteroatoms. The first-order valence-electron chi connectivity index (χ1n) is 7.57. The topological polar surface area (TPSA) is 30.1 Å². The first-order chi connectivity index (χ1) is 10.8. The Morgan fingerprint density at radius 3 is 1.64 bits per heavy atom. The predicted molar refractivity (Wildman–Crippen MR) is 89.9 cm³/mol. The molecule has 4 rings (SSSR count). The summed E-state index contributed by atoms with van der Waals surface area (Å²) < 4.78 is 4.23. The molecule has 110 valence electrons. The van der Waals surface area contributed by atoms with E-state index < -0.39 is 6.10 Å². The molecule has 0 fully saturated rings. The molecule has 0 atom stereocenters. The minimum absolute atomic E-state index is 0.424. The third-order valence-corrected chi connectivity index (χ3v) is 4.18. The number of benzene rings is 2. The summed E-state index contributed by atoms with van der Waals surface area (Å²) in [5.41, 5.74) is 2.33. The largest absolute Gasteiger partial charge is 0.389 e. The van der Waals surface area contributed by atoms with E-state index in [1.165, 1.54) is 21.8 Å². The van der Waals surface area contributed by atoms with Crippen LogP contribution in [0.5, 0.6) is 0 Å². The summed E-state index contributed by atoms with van der Waals surface area (Å²) in [4.78, 5) is 0. The monoisotopic (exact) mass is 290 g/mol. The highest BCUT2D eigenvalue weighted by Gasteiger charge is 2.10. The third-order valence-electron chi connectivity index (χ3n) is 4.18. The van der Waals surface area contributed by atoms with E-state index in [9.17, 15) is 5.11 Å². The second-order valence-electron chi connectivity index (χ2n) is 5.71. The summed E-state index contributed by atoms with van der Waals surface area (Å²) >= 11 is 0. The summed E-state index contributed by atoms with van der Waals surface area (Å²) in [5.74, 6) is 0. The normalized spacial score (nSPS) is 11.7. The number of fused-ring (bicyclic) bond motifs is 2. The Morgan fingerprint density at radius 2 is 1.14 bits per heavy atom. The molecule has 4 aromatic rings. The fraction of sp³-hybridized carbons (Fsp3) is 0.158. The van der Waals surface area contributed by atoms with Gasteiger partial charge in [0.2, 0.25) is 0 Å². The molecule has 3 nitrogen and oxygen atoms in total. The van der Waals surface area contributed by atoms with E-state index in [2.05, 4.69) is 45.5 Å². The number of aliphatic hydroxyl groups excluding tert-OH is 1. The average Bonchev–Trinajstić information content (AvgIpc) is 3.13. The van der Waals surface area contributed by atoms with Gasteiger partial charge in [0.15, 0.2) is 0 Å². The Balaban J connectivity index is 1.56. The zero-order chi connectivity index (χ0) is 14.9. The summed E-state index contributed by atoms with van der Waals surface area (Å²) in [6, 6.07) is 20.7. The molecule has 0 aliphatic heterocycles. The molecular weight excluding hydrogens is 272 g/mol. The molecule has 22 heavy (non-hydrogen) atoms. The summed E-state index contributed by atoms with van der Waals surface area (Å²) in [5, 5.41) is 12.9. The molecule has 0 unspecified atom stereocenters. The van der Waals surface area contributed by atoms with Crippen molar-refractivity contribution in [1.82, 2.24) is 9.13 Å². The van der Waals surface area contributed by atoms with Gasteiger partial charge in [0.25, 0.3) is 0 Å². The highest BCUT2D eigenvalue weighted by molar-refractivity contribution is 5.80. The van der Waals surface area contributed by atoms with Crippen molar-refractivity contribution in [2.75, 3.05) is 0 Å². The third kappa shape index (κ3) is 2.30. The van der Waals surface area contributed by atoms with Crippen molar-refractivity contribution in [2.24, 2.45) is 0 Å². The van der Waals surface area contributed by atoms with Gasteiger partial charge >= 0.3 is 0 Å². The number of aromatic nitrogens is 2. The van der Waals surface area contributed by atoms with Crippen molar-refractivity contribution >= 4 is 21.8 Å². The second-order valence-corrected chi connectivity index (χ2v) is 5.71. The number of hydrogen-bond acceptors (Lipinski definition) is 1. The van der Waals surface area contributed by atoms with Crippen LogP contribution >= 0.6 is 0 Å². The first kappa shape index (κ1) is 13.2. The molecule has 0 aliphatic carbocycles. The highest BCUT2D eigenvalue weighted by Crippen LogP contribution is 2.18. The smallest absolute Gasteiger partial charge is 0.0897 e. The van der Waals surface area contributed by atoms with Crippen LogP contribution in [0.2, 0.25) is 0 Å². The van der Waals surface area contributed by atoms with Crippen LogP contribution in [0.15, 0.2) is 73.1 Å². The van der Waals surface area contributed by atoms with Gasteiger partial charge in [0.05, 0.1) is 19.2 Å². The maximum Gasteiger partial charge on any atom is 0.0897 e. The molecule has 0 saturated carbocycles. The van der Waals surface area contributed by atoms with Crippen molar-refractivity contribution in [3.8, 4) is 0 Å². The van der Waals surface area contributed by atoms with E-state index in [4.69, 9.17) is 0 Å². The second kappa shape index (κ2) is 5.35. The van der Waals surface area contributed by atoms with E-state index in [1.807, 2.05) is 36.7 Å². The summed E-state index contributed by atoms with van der Waals surface area (Å²) in [7, 11) is 0. The van der Waals surface area contributed by atoms with Gasteiger partial charge in [-0.05, 0) is 35.0 Å². The molecule has 0 radical (unpaired) electrons. The van der Waals surface area contributed by atoms with Gasteiger partial charge in [-0.2, -0.15) is 0 Å². The van der Waals surface area contributed by atoms with Crippen LogP contribution in [0.4, 0.5) is 0 Å². The number of para-hydroxylation sites is 2. The SMILES string of the molecule is OC(Cn1ccc2ccccc21)Cn1ccc2ccccc21. The van der Waals surface area contributed by atoms with E-state index in [1.54, 1.807) is 0 Å². The highest BCUT2D eigenvalue weighted by atomic mass is 16.3. The fourth-order valence-electron chi connectivity index (χ4n) is 3.11. The van der Waals surface area contributed by atoms with Crippen LogP contribution in [0, 0.1) is 0 Å². The lowest BCUT2D eigenvalue weighted by molar-refractivity contribution is 0.137. The first-order valence-corrected chi connectivity index (χ1v) is 7.57. The minimum Gasteiger partial charge on any atom is -0.389 e. The minimum atomic E-state index is -0.424. The average molecular weight is 290 g/mol. The molecular formula is C19H18N2O. The quantitative estimate of drug-likeness (QED) is 0.611. The Labute approximate surface area is 129 Å². The Morgan fingerprint density at radius 1 is 0.682 bits per heavy atom. The molecule has 2 aromatic heterocycles. The maximum atomic E-state index is 10.5. The molecule has 0 bridgehead atoms. The molecule has 0 saturated heterocycles. The van der Waals surface area contributed by atoms with Crippen LogP contribution in [0.1, 0.15) is 0 Å². The summed E-state index contributed by atoms with van der Waals surface area (Å²) in [6.45, 7) is 1.19. The Hall–Kier alpha value is -2.52. The van der Waals surface area contributed by atoms with Gasteiger partial charge in [0, 0.05) is 23.4 Å². The summed E-state index contributed by atoms with van der Waals surface area (Å²) in [6.07, 6.45) is 3.66. The molecule has 0 aliphatic rings. The number of hydrogen-bond donors (Lipinski definition) is 1. The molecule has 2 aromatic carbocycles. The van der Waals surface area contributed by atoms with Gasteiger partial charge < -0.3 is 14.2 Å². The van der Waals surface area contributed by atoms with Crippen LogP contribution in [-0.4, -0.2) is 20.3 Å². The standard InChI is InChI=1S/C19H18N2O/c22-17(13-20-11-9-15-5-1-3-7-18(15)20)14-21-12-10-16-6-2-4-8-19(16)21/h1-12,17,22H,13-14H2. The Bertz CT molecular complexity index is 843. The number of aliphatic hydroxyl groups is 1. The lowest BCUT2D eigenvalue weighted by Crippen LogP contribution is -2.21. The van der Waals surface area contributed by atoms with Crippen molar-refractivity contribution in [3.63, 3.8) is 0 Å². The van der Waals surface area contributed by atoms with Gasteiger partial charge in [-0.25, -0.2) is 0 Å². The van der Waals surface area contributed by atoms with Gasteiger partial charge in [-0.3, -0.25) is 0 Å². The number of nitrogens with zero attached hydrogens (tertiary/aromatic N) is 2. The predicted octanol–water partition coefficient (Wildman–Crippen LogP) is 3.66. The molecule has 2 heterocycles. The van der Waals surface area contributed by atoms with Crippen molar-refractivity contribution < 1.29 is 5.11 Å². The van der Waals surface area contributed by atoms with Gasteiger partial charge in [0.1, 0.15) is 0 Å². The Kier molecular flexibility index (Phi) is 3.20. The number of rotatable bonds is 4. The van der Waals surface area contributed by atoms with E-state index in [0.717, 1.165) is 0 Å². The lowest BCUT2D eigenvalue weighted by Gasteiger charge is -2.14. The fourth-order valence-corrected chi connectivity index (χ4v) is 3.11. The van der Waals surface area contributed by atoms with Crippen LogP contribution in [-0.2, 0) is 13.1 Å². The lowest BCUT2D eigenvalue weighted by atomic mass is 10.2. The molecule has 0 amide bonds. The van der Waals surface area contributed by atoms with Crippen LogP contribution in [0.25, 0.3) is 21.8 Å². The van der Waals surface area contributed by atoms with Crippen molar-refractivity contribution in [1.29, 1.82) is 0 Å². The van der Waals surface area contributed by atoms with E-state index >= 15 is 0 Å². The molecule has 1 N–H and O–H groups in total. The van der Waals surface area contributed by atoms with E-state index in [-0.39, 0.29) is 0 Å². The molecule has 0 spiro atoms. The van der Waals surface area contributed by atoms with Crippen molar-refractivity contribution in [2.45, 2.75) is 19.2 Å². The van der Waals surface area contributed by atoms with E-state index in [0.29, 0.717) is 13.1 Å². The zero-order valence-corrected chi connectivity index (χ0v) is 12.3. The maximum absolute atomic E-state index is 10.5. The van der Waals surface area contributed by atoms with Crippen molar-refractivity contribution in [3.05, 3.63) is 73.1 Å². The van der Waals surface area contributed by atoms with Gasteiger partial charge in [-0.1, -0.05) is 36.4 Å². The van der Waals surface area contributed by atoms with Crippen LogP contribution in [0.3, 0.4) is 0 Å². The zero-order valence-electron chi connectivity index (χ0n) is 12.3. The van der Waals surface area contributed by atoms with Gasteiger partial charge in [-0.15, -0.1) is 0 Å². The van der Waals surface area contributed by atoms with Crippen LogP contribution < -0.4 is 0 Å².